The molecule has 2 aromatic rings. The van der Waals surface area contributed by atoms with Gasteiger partial charge in [0.25, 0.3) is 0 Å². The molecule has 152 valence electrons. The number of amides is 2. The van der Waals surface area contributed by atoms with E-state index in [4.69, 9.17) is 5.73 Å². The number of rotatable bonds is 8. The first-order chi connectivity index (χ1) is 13.7. The third-order valence-electron chi connectivity index (χ3n) is 6.37. The number of nitrogens with zero attached hydrogens (tertiary/aromatic N) is 2. The van der Waals surface area contributed by atoms with Gasteiger partial charge in [-0.05, 0) is 92.2 Å². The lowest BCUT2D eigenvalue weighted by Gasteiger charge is -2.32. The highest BCUT2D eigenvalue weighted by Gasteiger charge is 2.33. The van der Waals surface area contributed by atoms with Crippen LogP contribution in [0.1, 0.15) is 69.8 Å². The second-order valence-electron chi connectivity index (χ2n) is 8.49. The molecule has 1 aliphatic carbocycles. The molecule has 28 heavy (non-hydrogen) atoms. The number of unbranched alkanes of at least 4 members (excludes halogenated alkanes) is 3. The summed E-state index contributed by atoms with van der Waals surface area (Å²) in [7, 11) is 0. The number of carbonyl (C=O) groups excluding carboxylic acids is 1. The highest BCUT2D eigenvalue weighted by Crippen LogP contribution is 2.40. The van der Waals surface area contributed by atoms with Gasteiger partial charge in [-0.1, -0.05) is 26.2 Å². The second-order valence-corrected chi connectivity index (χ2v) is 9.40. The molecule has 0 atom stereocenters. The smallest absolute Gasteiger partial charge is 0.319 e. The van der Waals surface area contributed by atoms with E-state index in [0.717, 1.165) is 18.5 Å². The number of fused-ring (bicyclic) bond motifs is 1. The average molecular weight is 400 g/mol. The molecule has 1 aliphatic heterocycles. The number of piperidine rings is 1. The molecule has 0 radical (unpaired) electrons. The molecule has 0 spiro atoms. The van der Waals surface area contributed by atoms with Crippen LogP contribution in [0.25, 0.3) is 10.1 Å². The lowest BCUT2D eigenvalue weighted by molar-refractivity contribution is 0.209. The van der Waals surface area contributed by atoms with Gasteiger partial charge in [0.2, 0.25) is 0 Å². The first-order valence-corrected chi connectivity index (χ1v) is 11.9. The Balaban J connectivity index is 1.44. The van der Waals surface area contributed by atoms with Gasteiger partial charge in [-0.15, -0.1) is 11.3 Å². The van der Waals surface area contributed by atoms with Crippen LogP contribution in [0.4, 0.5) is 10.5 Å². The Bertz CT molecular complexity index is 805. The molecule has 2 N–H and O–H groups in total. The predicted octanol–water partition coefficient (Wildman–Crippen LogP) is 5.71. The number of hydrogen-bond donors (Lipinski definition) is 1. The largest absolute Gasteiger partial charge is 0.351 e. The van der Waals surface area contributed by atoms with Gasteiger partial charge >= 0.3 is 6.03 Å². The molecule has 4 rings (SSSR count). The van der Waals surface area contributed by atoms with E-state index >= 15 is 0 Å². The van der Waals surface area contributed by atoms with Crippen LogP contribution >= 0.6 is 11.3 Å². The predicted molar refractivity (Wildman–Crippen MR) is 119 cm³/mol. The van der Waals surface area contributed by atoms with Gasteiger partial charge in [0.15, 0.2) is 0 Å². The van der Waals surface area contributed by atoms with Crippen molar-refractivity contribution >= 4 is 33.1 Å². The first kappa shape index (κ1) is 19.7. The molecule has 1 saturated heterocycles. The Morgan fingerprint density at radius 3 is 2.64 bits per heavy atom. The lowest BCUT2D eigenvalue weighted by atomic mass is 9.89. The Morgan fingerprint density at radius 2 is 1.96 bits per heavy atom. The molecular weight excluding hydrogens is 366 g/mol. The summed E-state index contributed by atoms with van der Waals surface area (Å²) >= 11 is 1.83. The third kappa shape index (κ3) is 4.36. The average Bonchev–Trinajstić information content (AvgIpc) is 3.43. The van der Waals surface area contributed by atoms with E-state index in [1.165, 1.54) is 73.8 Å². The Hall–Kier alpha value is -1.59. The summed E-state index contributed by atoms with van der Waals surface area (Å²) in [6.45, 7) is 5.96. The van der Waals surface area contributed by atoms with Crippen molar-refractivity contribution in [1.29, 1.82) is 0 Å². The van der Waals surface area contributed by atoms with Crippen molar-refractivity contribution in [3.8, 4) is 0 Å². The van der Waals surface area contributed by atoms with Crippen LogP contribution in [0.5, 0.6) is 0 Å². The van der Waals surface area contributed by atoms with Crippen LogP contribution in [0, 0.1) is 0 Å². The van der Waals surface area contributed by atoms with Gasteiger partial charge in [-0.2, -0.15) is 0 Å². The van der Waals surface area contributed by atoms with Crippen LogP contribution in [-0.2, 0) is 0 Å². The van der Waals surface area contributed by atoms with Crippen molar-refractivity contribution in [3.05, 3.63) is 29.1 Å². The van der Waals surface area contributed by atoms with E-state index in [-0.39, 0.29) is 6.03 Å². The van der Waals surface area contributed by atoms with Crippen molar-refractivity contribution in [1.82, 2.24) is 4.90 Å². The quantitative estimate of drug-likeness (QED) is 0.578. The fraction of sp³-hybridized carbons (Fsp3) is 0.609. The van der Waals surface area contributed by atoms with E-state index in [1.807, 2.05) is 11.3 Å². The van der Waals surface area contributed by atoms with E-state index in [1.54, 1.807) is 4.90 Å². The summed E-state index contributed by atoms with van der Waals surface area (Å²) in [6.07, 6.45) is 9.99. The van der Waals surface area contributed by atoms with E-state index in [9.17, 15) is 4.79 Å². The van der Waals surface area contributed by atoms with Crippen LogP contribution in [0.3, 0.4) is 0 Å². The molecule has 5 heteroatoms. The fourth-order valence-corrected chi connectivity index (χ4v) is 5.61. The monoisotopic (exact) mass is 399 g/mol. The fourth-order valence-electron chi connectivity index (χ4n) is 4.58. The van der Waals surface area contributed by atoms with Crippen LogP contribution in [0.15, 0.2) is 23.6 Å². The number of likely N-dealkylation sites (tertiary alicyclic amines) is 1. The number of thiophene rings is 1. The minimum Gasteiger partial charge on any atom is -0.351 e. The van der Waals surface area contributed by atoms with Crippen LogP contribution < -0.4 is 10.6 Å². The SMILES string of the molecule is CCCCCCN1CCC(c2csc3ccc(N(C(N)=O)C4CC4)cc23)CC1. The molecule has 2 amide bonds. The summed E-state index contributed by atoms with van der Waals surface area (Å²) in [4.78, 5) is 16.4. The van der Waals surface area contributed by atoms with E-state index in [0.29, 0.717) is 12.0 Å². The third-order valence-corrected chi connectivity index (χ3v) is 7.35. The van der Waals surface area contributed by atoms with Gasteiger partial charge in [0.1, 0.15) is 0 Å². The number of primary amides is 1. The molecule has 2 fully saturated rings. The van der Waals surface area contributed by atoms with Crippen molar-refractivity contribution < 1.29 is 4.79 Å². The van der Waals surface area contributed by atoms with Crippen molar-refractivity contribution in [2.45, 2.75) is 70.3 Å². The molecule has 4 nitrogen and oxygen atoms in total. The first-order valence-electron chi connectivity index (χ1n) is 11.0. The summed E-state index contributed by atoms with van der Waals surface area (Å²) in [6, 6.07) is 6.41. The number of anilines is 1. The summed E-state index contributed by atoms with van der Waals surface area (Å²) < 4.78 is 1.32. The van der Waals surface area contributed by atoms with E-state index < -0.39 is 0 Å². The lowest BCUT2D eigenvalue weighted by Crippen LogP contribution is -2.37. The highest BCUT2D eigenvalue weighted by atomic mass is 32.1. The highest BCUT2D eigenvalue weighted by molar-refractivity contribution is 7.17. The normalized spacial score (nSPS) is 18.6. The molecule has 1 aromatic heterocycles. The number of nitrogens with two attached hydrogens (primary N) is 1. The zero-order valence-corrected chi connectivity index (χ0v) is 17.8. The van der Waals surface area contributed by atoms with Crippen molar-refractivity contribution in [2.24, 2.45) is 5.73 Å². The second kappa shape index (κ2) is 8.83. The zero-order valence-electron chi connectivity index (χ0n) is 17.0. The number of urea groups is 1. The molecule has 1 saturated carbocycles. The van der Waals surface area contributed by atoms with Crippen LogP contribution in [-0.4, -0.2) is 36.6 Å². The summed E-state index contributed by atoms with van der Waals surface area (Å²) in [5.41, 5.74) is 8.12. The van der Waals surface area contributed by atoms with Crippen LogP contribution in [0.2, 0.25) is 0 Å². The summed E-state index contributed by atoms with van der Waals surface area (Å²) in [5.74, 6) is 0.638. The number of benzene rings is 1. The minimum atomic E-state index is -0.324. The molecule has 2 heterocycles. The molecule has 0 unspecified atom stereocenters. The molecular formula is C23H33N3OS. The van der Waals surface area contributed by atoms with Gasteiger partial charge < -0.3 is 10.6 Å². The maximum absolute atomic E-state index is 12.0. The maximum atomic E-state index is 12.0. The van der Waals surface area contributed by atoms with Gasteiger partial charge in [0, 0.05) is 16.4 Å². The minimum absolute atomic E-state index is 0.299. The Labute approximate surface area is 172 Å². The zero-order chi connectivity index (χ0) is 19.5. The van der Waals surface area contributed by atoms with Gasteiger partial charge in [0.05, 0.1) is 0 Å². The van der Waals surface area contributed by atoms with Gasteiger partial charge in [-0.25, -0.2) is 4.79 Å². The number of carbonyl (C=O) groups is 1. The van der Waals surface area contributed by atoms with Crippen molar-refractivity contribution in [3.63, 3.8) is 0 Å². The molecule has 0 bridgehead atoms. The molecule has 1 aromatic carbocycles. The van der Waals surface area contributed by atoms with Crippen molar-refractivity contribution in [2.75, 3.05) is 24.5 Å². The van der Waals surface area contributed by atoms with Gasteiger partial charge in [-0.3, -0.25) is 4.90 Å². The maximum Gasteiger partial charge on any atom is 0.319 e. The Morgan fingerprint density at radius 1 is 1.18 bits per heavy atom. The Kier molecular flexibility index (Phi) is 6.22. The van der Waals surface area contributed by atoms with E-state index in [2.05, 4.69) is 35.4 Å². The topological polar surface area (TPSA) is 49.6 Å². The summed E-state index contributed by atoms with van der Waals surface area (Å²) in [5, 5.41) is 3.68. The number of hydrogen-bond acceptors (Lipinski definition) is 3. The molecule has 2 aliphatic rings. The standard InChI is InChI=1S/C23H33N3OS/c1-2-3-4-5-12-25-13-10-17(11-14-25)21-16-28-22-9-8-19(15-20(21)22)26(23(24)27)18-6-7-18/h8-9,15-18H,2-7,10-14H2,1H3,(H2,24,27).